The van der Waals surface area contributed by atoms with Gasteiger partial charge in [-0.1, -0.05) is 0 Å². The van der Waals surface area contributed by atoms with Gasteiger partial charge in [0.2, 0.25) is 0 Å². The van der Waals surface area contributed by atoms with E-state index in [0.29, 0.717) is 5.56 Å². The first-order valence-corrected chi connectivity index (χ1v) is 4.87. The number of pyridine rings is 1. The Morgan fingerprint density at radius 2 is 2.27 bits per heavy atom. The number of rotatable bonds is 3. The summed E-state index contributed by atoms with van der Waals surface area (Å²) in [4.78, 5) is 14.2. The third kappa shape index (κ3) is 2.95. The van der Waals surface area contributed by atoms with Crippen LogP contribution in [0.1, 0.15) is 23.2 Å². The molecule has 0 fully saturated rings. The van der Waals surface area contributed by atoms with Crippen LogP contribution < -0.4 is 0 Å². The molecule has 0 bridgehead atoms. The molecule has 0 aliphatic carbocycles. The number of aromatic nitrogens is 1. The lowest BCUT2D eigenvalue weighted by Crippen LogP contribution is -2.05. The Labute approximate surface area is 93.3 Å². The summed E-state index contributed by atoms with van der Waals surface area (Å²) in [5.74, 6) is -1.04. The van der Waals surface area contributed by atoms with Crippen molar-refractivity contribution in [2.75, 3.05) is 0 Å². The van der Waals surface area contributed by atoms with Gasteiger partial charge in [-0.15, -0.1) is 0 Å². The lowest BCUT2D eigenvalue weighted by molar-refractivity contribution is -0.136. The van der Waals surface area contributed by atoms with Crippen LogP contribution in [0.3, 0.4) is 0 Å². The Bertz CT molecular complexity index is 373. The normalized spacial score (nSPS) is 10.7. The maximum absolute atomic E-state index is 12.5. The Morgan fingerprint density at radius 3 is 2.67 bits per heavy atom. The summed E-state index contributed by atoms with van der Waals surface area (Å²) >= 11 is 2.90. The Morgan fingerprint density at radius 1 is 1.67 bits per heavy atom. The number of halogens is 3. The summed E-state index contributed by atoms with van der Waals surface area (Å²) in [6.07, 6.45) is -2.89. The van der Waals surface area contributed by atoms with Crippen LogP contribution in [0.15, 0.2) is 10.7 Å². The monoisotopic (exact) mass is 279 g/mol. The van der Waals surface area contributed by atoms with Crippen molar-refractivity contribution in [3.63, 3.8) is 0 Å². The number of aryl methyl sites for hydroxylation is 1. The van der Waals surface area contributed by atoms with E-state index in [2.05, 4.69) is 20.9 Å². The molecule has 0 aromatic carbocycles. The van der Waals surface area contributed by atoms with E-state index in [1.165, 1.54) is 13.0 Å². The summed E-state index contributed by atoms with van der Waals surface area (Å²) in [6.45, 7) is 1.50. The molecular formula is C9H8BrF2NO2. The van der Waals surface area contributed by atoms with Crippen molar-refractivity contribution >= 4 is 21.9 Å². The number of carbonyl (C=O) groups is 1. The van der Waals surface area contributed by atoms with Crippen LogP contribution in [0.4, 0.5) is 8.78 Å². The van der Waals surface area contributed by atoms with Crippen molar-refractivity contribution in [3.05, 3.63) is 27.5 Å². The van der Waals surface area contributed by atoms with E-state index in [4.69, 9.17) is 5.11 Å². The minimum atomic E-state index is -2.62. The van der Waals surface area contributed by atoms with Crippen molar-refractivity contribution in [3.8, 4) is 0 Å². The van der Waals surface area contributed by atoms with Crippen LogP contribution in [0.2, 0.25) is 0 Å². The first kappa shape index (κ1) is 12.0. The molecule has 0 radical (unpaired) electrons. The summed E-state index contributed by atoms with van der Waals surface area (Å²) in [7, 11) is 0. The zero-order valence-electron chi connectivity index (χ0n) is 7.80. The second kappa shape index (κ2) is 4.65. The van der Waals surface area contributed by atoms with E-state index in [9.17, 15) is 13.6 Å². The van der Waals surface area contributed by atoms with Gasteiger partial charge in [0.25, 0.3) is 6.43 Å². The minimum absolute atomic E-state index is 0.00810. The topological polar surface area (TPSA) is 50.2 Å². The maximum atomic E-state index is 12.5. The van der Waals surface area contributed by atoms with E-state index < -0.39 is 12.4 Å². The van der Waals surface area contributed by atoms with Gasteiger partial charge >= 0.3 is 5.97 Å². The standard InChI is InChI=1S/C9H8BrF2NO2/c1-4-2-5(3-6(14)15)13-8(10)7(4)9(11)12/h2,9H,3H2,1H3,(H,14,15). The minimum Gasteiger partial charge on any atom is -0.481 e. The number of nitrogens with zero attached hydrogens (tertiary/aromatic N) is 1. The molecule has 1 aromatic heterocycles. The number of carboxylic acids is 1. The molecule has 0 unspecified atom stereocenters. The van der Waals surface area contributed by atoms with Crippen LogP contribution in [0.5, 0.6) is 0 Å². The molecule has 1 N–H and O–H groups in total. The molecule has 6 heteroatoms. The molecule has 0 saturated carbocycles. The quantitative estimate of drug-likeness (QED) is 0.866. The zero-order chi connectivity index (χ0) is 11.6. The Hall–Kier alpha value is -1.04. The average Bonchev–Trinajstić information content (AvgIpc) is 1.99. The Kier molecular flexibility index (Phi) is 3.73. The lowest BCUT2D eigenvalue weighted by atomic mass is 10.1. The third-order valence-corrected chi connectivity index (χ3v) is 2.43. The molecule has 0 saturated heterocycles. The second-order valence-corrected chi connectivity index (χ2v) is 3.76. The molecule has 0 amide bonds. The Balaban J connectivity index is 3.13. The maximum Gasteiger partial charge on any atom is 0.309 e. The molecule has 0 atom stereocenters. The second-order valence-electron chi connectivity index (χ2n) is 3.01. The van der Waals surface area contributed by atoms with Gasteiger partial charge in [0.1, 0.15) is 4.60 Å². The lowest BCUT2D eigenvalue weighted by Gasteiger charge is -2.08. The first-order chi connectivity index (χ1) is 6.91. The van der Waals surface area contributed by atoms with Crippen LogP contribution in [0.25, 0.3) is 0 Å². The van der Waals surface area contributed by atoms with Crippen molar-refractivity contribution in [1.29, 1.82) is 0 Å². The van der Waals surface area contributed by atoms with Gasteiger partial charge in [-0.05, 0) is 34.5 Å². The highest BCUT2D eigenvalue weighted by Gasteiger charge is 2.17. The molecule has 82 valence electrons. The van der Waals surface area contributed by atoms with Crippen LogP contribution in [-0.4, -0.2) is 16.1 Å². The summed E-state index contributed by atoms with van der Waals surface area (Å²) in [6, 6.07) is 1.36. The van der Waals surface area contributed by atoms with Crippen molar-refractivity contribution in [2.24, 2.45) is 0 Å². The molecule has 0 aliphatic rings. The molecule has 1 heterocycles. The van der Waals surface area contributed by atoms with E-state index in [0.717, 1.165) is 0 Å². The molecule has 15 heavy (non-hydrogen) atoms. The summed E-state index contributed by atoms with van der Waals surface area (Å²) in [5, 5.41) is 8.52. The van der Waals surface area contributed by atoms with Crippen LogP contribution >= 0.6 is 15.9 Å². The number of aliphatic carboxylic acids is 1. The van der Waals surface area contributed by atoms with E-state index in [-0.39, 0.29) is 22.3 Å². The predicted octanol–water partition coefficient (Wildman–Crippen LogP) is 2.72. The number of carboxylic acid groups (broad SMARTS) is 1. The molecule has 1 rings (SSSR count). The van der Waals surface area contributed by atoms with Crippen LogP contribution in [-0.2, 0) is 11.2 Å². The van der Waals surface area contributed by atoms with Gasteiger partial charge in [0, 0.05) is 0 Å². The SMILES string of the molecule is Cc1cc(CC(=O)O)nc(Br)c1C(F)F. The number of hydrogen-bond acceptors (Lipinski definition) is 2. The first-order valence-electron chi connectivity index (χ1n) is 4.07. The smallest absolute Gasteiger partial charge is 0.309 e. The summed E-state index contributed by atoms with van der Waals surface area (Å²) in [5.41, 5.74) is 0.406. The molecule has 3 nitrogen and oxygen atoms in total. The number of alkyl halides is 2. The fourth-order valence-corrected chi connectivity index (χ4v) is 1.93. The molecular weight excluding hydrogens is 272 g/mol. The molecule has 1 aromatic rings. The van der Waals surface area contributed by atoms with E-state index >= 15 is 0 Å². The highest BCUT2D eigenvalue weighted by Crippen LogP contribution is 2.29. The third-order valence-electron chi connectivity index (χ3n) is 1.82. The van der Waals surface area contributed by atoms with Gasteiger partial charge in [-0.25, -0.2) is 13.8 Å². The highest BCUT2D eigenvalue weighted by atomic mass is 79.9. The van der Waals surface area contributed by atoms with Crippen molar-refractivity contribution in [2.45, 2.75) is 19.8 Å². The summed E-state index contributed by atoms with van der Waals surface area (Å²) < 4.78 is 25.0. The van der Waals surface area contributed by atoms with Gasteiger partial charge in [-0.2, -0.15) is 0 Å². The van der Waals surface area contributed by atoms with Gasteiger partial charge in [0.05, 0.1) is 17.7 Å². The highest BCUT2D eigenvalue weighted by molar-refractivity contribution is 9.10. The van der Waals surface area contributed by atoms with Crippen molar-refractivity contribution < 1.29 is 18.7 Å². The number of hydrogen-bond donors (Lipinski definition) is 1. The zero-order valence-corrected chi connectivity index (χ0v) is 9.38. The fraction of sp³-hybridized carbons (Fsp3) is 0.333. The largest absolute Gasteiger partial charge is 0.481 e. The van der Waals surface area contributed by atoms with E-state index in [1.807, 2.05) is 0 Å². The van der Waals surface area contributed by atoms with Crippen molar-refractivity contribution in [1.82, 2.24) is 4.98 Å². The predicted molar refractivity (Wildman–Crippen MR) is 53.0 cm³/mol. The van der Waals surface area contributed by atoms with Gasteiger partial charge in [-0.3, -0.25) is 4.79 Å². The average molecular weight is 280 g/mol. The fourth-order valence-electron chi connectivity index (χ4n) is 1.22. The van der Waals surface area contributed by atoms with E-state index in [1.54, 1.807) is 0 Å². The molecule has 0 aliphatic heterocycles. The van der Waals surface area contributed by atoms with Gasteiger partial charge < -0.3 is 5.11 Å². The van der Waals surface area contributed by atoms with Gasteiger partial charge in [0.15, 0.2) is 0 Å². The van der Waals surface area contributed by atoms with Crippen LogP contribution in [0, 0.1) is 6.92 Å². The molecule has 0 spiro atoms.